The highest BCUT2D eigenvalue weighted by Crippen LogP contribution is 2.33. The summed E-state index contributed by atoms with van der Waals surface area (Å²) >= 11 is 0. The summed E-state index contributed by atoms with van der Waals surface area (Å²) in [6, 6.07) is 0. The molecular weight excluding hydrogens is 246 g/mol. The van der Waals surface area contributed by atoms with Gasteiger partial charge in [-0.3, -0.25) is 9.63 Å². The van der Waals surface area contributed by atoms with Gasteiger partial charge in [-0.05, 0) is 25.2 Å². The van der Waals surface area contributed by atoms with Crippen molar-refractivity contribution in [3.63, 3.8) is 0 Å². The Balaban J connectivity index is 1.58. The molecule has 0 unspecified atom stereocenters. The van der Waals surface area contributed by atoms with Gasteiger partial charge in [-0.15, -0.1) is 0 Å². The van der Waals surface area contributed by atoms with Gasteiger partial charge in [0.1, 0.15) is 11.9 Å². The molecule has 0 radical (unpaired) electrons. The zero-order valence-electron chi connectivity index (χ0n) is 11.0. The van der Waals surface area contributed by atoms with Crippen LogP contribution in [0, 0.1) is 11.8 Å². The van der Waals surface area contributed by atoms with Crippen LogP contribution in [0.3, 0.4) is 0 Å². The highest BCUT2D eigenvalue weighted by atomic mass is 16.7. The predicted molar refractivity (Wildman–Crippen MR) is 66.8 cm³/mol. The maximum Gasteiger partial charge on any atom is 0.249 e. The number of hydrogen-bond acceptors (Lipinski definition) is 4. The van der Waals surface area contributed by atoms with Crippen molar-refractivity contribution in [2.45, 2.75) is 25.4 Å². The average Bonchev–Trinajstić information content (AvgIpc) is 2.92. The molecule has 1 aromatic heterocycles. The third kappa shape index (κ3) is 2.79. The van der Waals surface area contributed by atoms with Gasteiger partial charge in [0, 0.05) is 26.0 Å². The van der Waals surface area contributed by atoms with E-state index in [9.17, 15) is 4.79 Å². The van der Waals surface area contributed by atoms with Crippen LogP contribution >= 0.6 is 0 Å². The van der Waals surface area contributed by atoms with Crippen LogP contribution in [0.5, 0.6) is 0 Å². The molecule has 0 aromatic carbocycles. The second-order valence-electron chi connectivity index (χ2n) is 5.30. The number of amides is 1. The van der Waals surface area contributed by atoms with Gasteiger partial charge >= 0.3 is 0 Å². The molecule has 0 spiro atoms. The third-order valence-electron chi connectivity index (χ3n) is 3.73. The first-order chi connectivity index (χ1) is 9.25. The van der Waals surface area contributed by atoms with Crippen molar-refractivity contribution in [3.8, 4) is 0 Å². The molecule has 2 fully saturated rings. The smallest absolute Gasteiger partial charge is 0.249 e. The van der Waals surface area contributed by atoms with E-state index in [-0.39, 0.29) is 17.9 Å². The second kappa shape index (κ2) is 5.30. The standard InChI is InChI=1S/C13H19N3O3/c1-16-6-5-14-12(16)11-10(4-7-18-11)13(17)15-19-8-9-2-3-9/h5-6,9-11H,2-4,7-8H2,1H3,(H,15,17)/t10-,11-/m1/s1. The molecule has 2 atom stereocenters. The molecule has 6 heteroatoms. The van der Waals surface area contributed by atoms with Gasteiger partial charge in [0.25, 0.3) is 0 Å². The molecule has 1 saturated carbocycles. The van der Waals surface area contributed by atoms with E-state index >= 15 is 0 Å². The molecular formula is C13H19N3O3. The van der Waals surface area contributed by atoms with E-state index in [1.54, 1.807) is 6.20 Å². The SMILES string of the molecule is Cn1ccnc1[C@@H]1OCC[C@H]1C(=O)NOCC1CC1. The van der Waals surface area contributed by atoms with Crippen LogP contribution in [0.2, 0.25) is 0 Å². The van der Waals surface area contributed by atoms with Crippen LogP contribution in [0.1, 0.15) is 31.2 Å². The molecule has 3 rings (SSSR count). The predicted octanol–water partition coefficient (Wildman–Crippen LogP) is 0.955. The molecule has 2 aliphatic rings. The lowest BCUT2D eigenvalue weighted by Gasteiger charge is -2.17. The summed E-state index contributed by atoms with van der Waals surface area (Å²) in [5.41, 5.74) is 2.55. The molecule has 2 heterocycles. The number of imidazole rings is 1. The van der Waals surface area contributed by atoms with E-state index in [4.69, 9.17) is 9.57 Å². The maximum atomic E-state index is 12.1. The van der Waals surface area contributed by atoms with Crippen molar-refractivity contribution >= 4 is 5.91 Å². The molecule has 1 amide bonds. The molecule has 1 saturated heterocycles. The highest BCUT2D eigenvalue weighted by Gasteiger charge is 2.37. The first-order valence-electron chi connectivity index (χ1n) is 6.76. The lowest BCUT2D eigenvalue weighted by Crippen LogP contribution is -2.33. The van der Waals surface area contributed by atoms with Gasteiger partial charge in [0.15, 0.2) is 0 Å². The molecule has 6 nitrogen and oxygen atoms in total. The van der Waals surface area contributed by atoms with E-state index in [2.05, 4.69) is 10.5 Å². The second-order valence-corrected chi connectivity index (χ2v) is 5.30. The number of aryl methyl sites for hydroxylation is 1. The fourth-order valence-electron chi connectivity index (χ4n) is 2.35. The Morgan fingerprint density at radius 3 is 3.11 bits per heavy atom. The molecule has 1 aromatic rings. The minimum atomic E-state index is -0.274. The Bertz CT molecular complexity index is 456. The Kier molecular flexibility index (Phi) is 3.52. The van der Waals surface area contributed by atoms with E-state index in [0.29, 0.717) is 25.6 Å². The summed E-state index contributed by atoms with van der Waals surface area (Å²) in [7, 11) is 1.91. The topological polar surface area (TPSA) is 65.4 Å². The van der Waals surface area contributed by atoms with Crippen molar-refractivity contribution in [3.05, 3.63) is 18.2 Å². The first-order valence-corrected chi connectivity index (χ1v) is 6.76. The Labute approximate surface area is 112 Å². The highest BCUT2D eigenvalue weighted by molar-refractivity contribution is 5.78. The van der Waals surface area contributed by atoms with Crippen molar-refractivity contribution in [2.75, 3.05) is 13.2 Å². The summed E-state index contributed by atoms with van der Waals surface area (Å²) in [5, 5.41) is 0. The first kappa shape index (κ1) is 12.6. The largest absolute Gasteiger partial charge is 0.369 e. The van der Waals surface area contributed by atoms with Gasteiger partial charge in [-0.1, -0.05) is 0 Å². The number of rotatable bonds is 5. The third-order valence-corrected chi connectivity index (χ3v) is 3.73. The number of hydrogen-bond donors (Lipinski definition) is 1. The molecule has 0 bridgehead atoms. The Morgan fingerprint density at radius 2 is 2.42 bits per heavy atom. The van der Waals surface area contributed by atoms with E-state index in [1.807, 2.05) is 17.8 Å². The van der Waals surface area contributed by atoms with E-state index in [0.717, 1.165) is 5.82 Å². The fraction of sp³-hybridized carbons (Fsp3) is 0.692. The van der Waals surface area contributed by atoms with Crippen LogP contribution in [-0.2, 0) is 21.4 Å². The van der Waals surface area contributed by atoms with Crippen LogP contribution in [0.25, 0.3) is 0 Å². The number of aromatic nitrogens is 2. The van der Waals surface area contributed by atoms with Crippen molar-refractivity contribution in [1.29, 1.82) is 0 Å². The maximum absolute atomic E-state index is 12.1. The van der Waals surface area contributed by atoms with Crippen molar-refractivity contribution in [2.24, 2.45) is 18.9 Å². The van der Waals surface area contributed by atoms with Crippen LogP contribution < -0.4 is 5.48 Å². The lowest BCUT2D eigenvalue weighted by atomic mass is 10.0. The molecule has 1 aliphatic heterocycles. The van der Waals surface area contributed by atoms with Crippen LogP contribution in [0.4, 0.5) is 0 Å². The van der Waals surface area contributed by atoms with Crippen molar-refractivity contribution in [1.82, 2.24) is 15.0 Å². The van der Waals surface area contributed by atoms with E-state index in [1.165, 1.54) is 12.8 Å². The van der Waals surface area contributed by atoms with Gasteiger partial charge < -0.3 is 9.30 Å². The molecule has 1 N–H and O–H groups in total. The number of ether oxygens (including phenoxy) is 1. The molecule has 1 aliphatic carbocycles. The zero-order valence-corrected chi connectivity index (χ0v) is 11.0. The van der Waals surface area contributed by atoms with Crippen LogP contribution in [-0.4, -0.2) is 28.7 Å². The number of hydroxylamine groups is 1. The summed E-state index contributed by atoms with van der Waals surface area (Å²) in [5.74, 6) is 1.09. The monoisotopic (exact) mass is 265 g/mol. The number of carbonyl (C=O) groups is 1. The quantitative estimate of drug-likeness (QED) is 0.805. The minimum absolute atomic E-state index is 0.105. The van der Waals surface area contributed by atoms with Crippen molar-refractivity contribution < 1.29 is 14.4 Å². The van der Waals surface area contributed by atoms with Crippen LogP contribution in [0.15, 0.2) is 12.4 Å². The van der Waals surface area contributed by atoms with Gasteiger partial charge in [0.2, 0.25) is 5.91 Å². The number of nitrogens with zero attached hydrogens (tertiary/aromatic N) is 2. The normalized spacial score (nSPS) is 26.6. The lowest BCUT2D eigenvalue weighted by molar-refractivity contribution is -0.140. The molecule has 19 heavy (non-hydrogen) atoms. The summed E-state index contributed by atoms with van der Waals surface area (Å²) in [6.07, 6.45) is 6.42. The van der Waals surface area contributed by atoms with Gasteiger partial charge in [-0.2, -0.15) is 0 Å². The summed E-state index contributed by atoms with van der Waals surface area (Å²) < 4.78 is 7.54. The molecule has 104 valence electrons. The van der Waals surface area contributed by atoms with E-state index < -0.39 is 0 Å². The minimum Gasteiger partial charge on any atom is -0.369 e. The number of carbonyl (C=O) groups excluding carboxylic acids is 1. The average molecular weight is 265 g/mol. The Hall–Kier alpha value is -1.40. The Morgan fingerprint density at radius 1 is 1.58 bits per heavy atom. The fourth-order valence-corrected chi connectivity index (χ4v) is 2.35. The zero-order chi connectivity index (χ0) is 13.2. The summed E-state index contributed by atoms with van der Waals surface area (Å²) in [4.78, 5) is 21.6. The van der Waals surface area contributed by atoms with Gasteiger partial charge in [0.05, 0.1) is 12.5 Å². The summed E-state index contributed by atoms with van der Waals surface area (Å²) in [6.45, 7) is 1.20. The number of nitrogens with one attached hydrogen (secondary N) is 1. The van der Waals surface area contributed by atoms with Gasteiger partial charge in [-0.25, -0.2) is 10.5 Å².